The third-order valence-electron chi connectivity index (χ3n) is 1.93. The molecule has 1 unspecified atom stereocenters. The maximum atomic E-state index is 4.27. The standard InChI is InChI=1S/C7H14N2/c1-4-7(3)5-8-6(2)9-7/h4-5H2,1-3H3,(H,8,9). The summed E-state index contributed by atoms with van der Waals surface area (Å²) in [5.74, 6) is 1.08. The lowest BCUT2D eigenvalue weighted by atomic mass is 10.0. The van der Waals surface area contributed by atoms with E-state index in [2.05, 4.69) is 24.2 Å². The lowest BCUT2D eigenvalue weighted by Gasteiger charge is -2.21. The van der Waals surface area contributed by atoms with Crippen LogP contribution >= 0.6 is 0 Å². The van der Waals surface area contributed by atoms with Gasteiger partial charge in [0.05, 0.1) is 17.9 Å². The zero-order valence-electron chi connectivity index (χ0n) is 6.36. The van der Waals surface area contributed by atoms with E-state index in [9.17, 15) is 0 Å². The van der Waals surface area contributed by atoms with Gasteiger partial charge >= 0.3 is 0 Å². The number of rotatable bonds is 1. The van der Waals surface area contributed by atoms with Gasteiger partial charge in [-0.25, -0.2) is 0 Å². The number of aliphatic imine (C=N–C) groups is 1. The number of amidine groups is 1. The maximum absolute atomic E-state index is 4.27. The Morgan fingerprint density at radius 3 is 2.67 bits per heavy atom. The molecule has 0 aliphatic carbocycles. The van der Waals surface area contributed by atoms with Crippen LogP contribution in [0.25, 0.3) is 0 Å². The molecule has 0 spiro atoms. The zero-order valence-corrected chi connectivity index (χ0v) is 6.36. The van der Waals surface area contributed by atoms with Gasteiger partial charge in [0.2, 0.25) is 0 Å². The Balaban J connectivity index is 2.53. The Bertz CT molecular complexity index is 140. The van der Waals surface area contributed by atoms with Crippen LogP contribution in [0.2, 0.25) is 0 Å². The van der Waals surface area contributed by atoms with Gasteiger partial charge in [-0.05, 0) is 20.3 Å². The molecule has 52 valence electrons. The first kappa shape index (κ1) is 6.59. The Kier molecular flexibility index (Phi) is 1.47. The van der Waals surface area contributed by atoms with Crippen LogP contribution in [-0.2, 0) is 0 Å². The summed E-state index contributed by atoms with van der Waals surface area (Å²) in [4.78, 5) is 4.27. The molecular weight excluding hydrogens is 112 g/mol. The molecule has 0 aromatic carbocycles. The largest absolute Gasteiger partial charge is 0.367 e. The van der Waals surface area contributed by atoms with E-state index in [-0.39, 0.29) is 5.54 Å². The van der Waals surface area contributed by atoms with Crippen LogP contribution in [0.1, 0.15) is 27.2 Å². The molecule has 0 aromatic heterocycles. The minimum Gasteiger partial charge on any atom is -0.367 e. The van der Waals surface area contributed by atoms with E-state index in [1.165, 1.54) is 0 Å². The molecule has 1 aliphatic heterocycles. The molecule has 1 N–H and O–H groups in total. The average Bonchev–Trinajstić information content (AvgIpc) is 2.13. The van der Waals surface area contributed by atoms with E-state index in [1.807, 2.05) is 6.92 Å². The predicted octanol–water partition coefficient (Wildman–Crippen LogP) is 1.18. The Morgan fingerprint density at radius 2 is 2.44 bits per heavy atom. The van der Waals surface area contributed by atoms with E-state index in [1.54, 1.807) is 0 Å². The first-order valence-corrected chi connectivity index (χ1v) is 3.45. The third kappa shape index (κ3) is 1.23. The number of hydrogen-bond acceptors (Lipinski definition) is 2. The van der Waals surface area contributed by atoms with Crippen LogP contribution in [-0.4, -0.2) is 17.9 Å². The second-order valence-electron chi connectivity index (χ2n) is 2.94. The summed E-state index contributed by atoms with van der Waals surface area (Å²) >= 11 is 0. The first-order valence-electron chi connectivity index (χ1n) is 3.45. The van der Waals surface area contributed by atoms with Crippen molar-refractivity contribution < 1.29 is 0 Å². The number of nitrogens with one attached hydrogen (secondary N) is 1. The van der Waals surface area contributed by atoms with Crippen molar-refractivity contribution >= 4 is 5.84 Å². The molecular formula is C7H14N2. The SMILES string of the molecule is CCC1(C)CN=C(C)N1. The molecule has 9 heavy (non-hydrogen) atoms. The van der Waals surface area contributed by atoms with Gasteiger partial charge in [0.25, 0.3) is 0 Å². The Labute approximate surface area is 56.4 Å². The summed E-state index contributed by atoms with van der Waals surface area (Å²) in [5, 5.41) is 3.33. The van der Waals surface area contributed by atoms with E-state index < -0.39 is 0 Å². The fourth-order valence-electron chi connectivity index (χ4n) is 1.01. The molecule has 1 aliphatic rings. The van der Waals surface area contributed by atoms with E-state index in [4.69, 9.17) is 0 Å². The van der Waals surface area contributed by atoms with Crippen LogP contribution in [0.5, 0.6) is 0 Å². The summed E-state index contributed by atoms with van der Waals surface area (Å²) in [6, 6.07) is 0. The molecule has 2 nitrogen and oxygen atoms in total. The third-order valence-corrected chi connectivity index (χ3v) is 1.93. The van der Waals surface area contributed by atoms with Crippen molar-refractivity contribution in [3.63, 3.8) is 0 Å². The minimum atomic E-state index is 0.254. The van der Waals surface area contributed by atoms with E-state index in [0.29, 0.717) is 0 Å². The summed E-state index contributed by atoms with van der Waals surface area (Å²) < 4.78 is 0. The highest BCUT2D eigenvalue weighted by molar-refractivity contribution is 5.82. The molecule has 1 rings (SSSR count). The smallest absolute Gasteiger partial charge is 0.0937 e. The highest BCUT2D eigenvalue weighted by Crippen LogP contribution is 2.13. The van der Waals surface area contributed by atoms with Crippen molar-refractivity contribution in [2.75, 3.05) is 6.54 Å². The Hall–Kier alpha value is -0.530. The monoisotopic (exact) mass is 126 g/mol. The number of hydrogen-bond donors (Lipinski definition) is 1. The summed E-state index contributed by atoms with van der Waals surface area (Å²) in [6.07, 6.45) is 1.15. The van der Waals surface area contributed by atoms with Crippen molar-refractivity contribution in [2.45, 2.75) is 32.7 Å². The molecule has 0 radical (unpaired) electrons. The van der Waals surface area contributed by atoms with Crippen molar-refractivity contribution in [2.24, 2.45) is 4.99 Å². The van der Waals surface area contributed by atoms with Crippen LogP contribution in [0.3, 0.4) is 0 Å². The second-order valence-corrected chi connectivity index (χ2v) is 2.94. The molecule has 1 atom stereocenters. The van der Waals surface area contributed by atoms with E-state index in [0.717, 1.165) is 18.8 Å². The highest BCUT2D eigenvalue weighted by atomic mass is 15.1. The molecule has 0 saturated heterocycles. The molecule has 0 fully saturated rings. The molecule has 0 amide bonds. The lowest BCUT2D eigenvalue weighted by molar-refractivity contribution is 0.440. The molecule has 0 saturated carbocycles. The van der Waals surface area contributed by atoms with Gasteiger partial charge < -0.3 is 5.32 Å². The van der Waals surface area contributed by atoms with Crippen LogP contribution in [0, 0.1) is 0 Å². The average molecular weight is 126 g/mol. The fourth-order valence-corrected chi connectivity index (χ4v) is 1.01. The first-order chi connectivity index (χ1) is 4.16. The lowest BCUT2D eigenvalue weighted by Crippen LogP contribution is -2.41. The second kappa shape index (κ2) is 2.01. The zero-order chi connectivity index (χ0) is 6.91. The van der Waals surface area contributed by atoms with Gasteiger partial charge in [-0.2, -0.15) is 0 Å². The normalized spacial score (nSPS) is 33.9. The topological polar surface area (TPSA) is 24.4 Å². The predicted molar refractivity (Wildman–Crippen MR) is 39.8 cm³/mol. The molecule has 0 bridgehead atoms. The summed E-state index contributed by atoms with van der Waals surface area (Å²) in [6.45, 7) is 7.34. The van der Waals surface area contributed by atoms with Crippen LogP contribution in [0.4, 0.5) is 0 Å². The number of nitrogens with zero attached hydrogens (tertiary/aromatic N) is 1. The van der Waals surface area contributed by atoms with Gasteiger partial charge in [-0.3, -0.25) is 4.99 Å². The summed E-state index contributed by atoms with van der Waals surface area (Å²) in [5.41, 5.74) is 0.254. The fraction of sp³-hybridized carbons (Fsp3) is 0.857. The van der Waals surface area contributed by atoms with Crippen molar-refractivity contribution in [1.82, 2.24) is 5.32 Å². The molecule has 1 heterocycles. The van der Waals surface area contributed by atoms with Gasteiger partial charge in [-0.1, -0.05) is 6.92 Å². The van der Waals surface area contributed by atoms with Crippen molar-refractivity contribution in [3.8, 4) is 0 Å². The molecule has 0 aromatic rings. The van der Waals surface area contributed by atoms with Gasteiger partial charge in [-0.15, -0.1) is 0 Å². The van der Waals surface area contributed by atoms with Crippen LogP contribution < -0.4 is 5.32 Å². The summed E-state index contributed by atoms with van der Waals surface area (Å²) in [7, 11) is 0. The van der Waals surface area contributed by atoms with Crippen molar-refractivity contribution in [1.29, 1.82) is 0 Å². The maximum Gasteiger partial charge on any atom is 0.0937 e. The van der Waals surface area contributed by atoms with Gasteiger partial charge in [0.15, 0.2) is 0 Å². The van der Waals surface area contributed by atoms with E-state index >= 15 is 0 Å². The van der Waals surface area contributed by atoms with Gasteiger partial charge in [0, 0.05) is 0 Å². The van der Waals surface area contributed by atoms with Gasteiger partial charge in [0.1, 0.15) is 0 Å². The minimum absolute atomic E-state index is 0.254. The molecule has 2 heteroatoms. The highest BCUT2D eigenvalue weighted by Gasteiger charge is 2.25. The van der Waals surface area contributed by atoms with Crippen LogP contribution in [0.15, 0.2) is 4.99 Å². The Morgan fingerprint density at radius 1 is 1.78 bits per heavy atom. The van der Waals surface area contributed by atoms with Crippen molar-refractivity contribution in [3.05, 3.63) is 0 Å². The quantitative estimate of drug-likeness (QED) is 0.560.